The van der Waals surface area contributed by atoms with E-state index in [1.54, 1.807) is 41.5 Å². The van der Waals surface area contributed by atoms with Gasteiger partial charge < -0.3 is 33.7 Å². The van der Waals surface area contributed by atoms with Crippen LogP contribution in [0.15, 0.2) is 0 Å². The number of hydrogen-bond donors (Lipinski definition) is 2. The van der Waals surface area contributed by atoms with Crippen molar-refractivity contribution in [3.8, 4) is 0 Å². The second-order valence-electron chi connectivity index (χ2n) is 13.6. The zero-order chi connectivity index (χ0) is 33.5. The SMILES string of the molecule is CC[C@H]1OC(=O)[C@H](C)C(=O)[C@H](C)[C@@H](O[C@@H]2O[C@H](C)C[C@H](N(C)C)[C@H]2O)[C@](C)(OC)C[C@@H](C)C(=O)[C@H](C)[C@H]2N(N)C(=O)O[C@]12C. The van der Waals surface area contributed by atoms with E-state index < -0.39 is 83.4 Å². The first-order valence-corrected chi connectivity index (χ1v) is 15.6. The molecule has 0 aromatic carbocycles. The number of hydrazine groups is 1. The number of esters is 1. The van der Waals surface area contributed by atoms with Gasteiger partial charge in [0.2, 0.25) is 0 Å². The molecule has 13 nitrogen and oxygen atoms in total. The van der Waals surface area contributed by atoms with Gasteiger partial charge >= 0.3 is 12.1 Å². The van der Waals surface area contributed by atoms with Crippen LogP contribution in [0.2, 0.25) is 0 Å². The predicted octanol–water partition coefficient (Wildman–Crippen LogP) is 2.06. The van der Waals surface area contributed by atoms with Crippen LogP contribution in [0.5, 0.6) is 0 Å². The molecule has 0 aromatic heterocycles. The number of fused-ring (bicyclic) bond motifs is 1. The lowest BCUT2D eigenvalue weighted by atomic mass is 9.73. The number of nitrogens with zero attached hydrogens (tertiary/aromatic N) is 2. The van der Waals surface area contributed by atoms with Crippen molar-refractivity contribution in [2.45, 2.75) is 129 Å². The van der Waals surface area contributed by atoms with E-state index in [9.17, 15) is 24.3 Å². The first-order valence-electron chi connectivity index (χ1n) is 15.6. The fraction of sp³-hybridized carbons (Fsp3) is 0.871. The largest absolute Gasteiger partial charge is 0.458 e. The Bertz CT molecular complexity index is 1090. The number of methoxy groups -OCH3 is 1. The van der Waals surface area contributed by atoms with Crippen molar-refractivity contribution in [3.63, 3.8) is 0 Å². The highest BCUT2D eigenvalue weighted by Crippen LogP contribution is 2.42. The number of cyclic esters (lactones) is 1. The number of aliphatic hydroxyl groups excluding tert-OH is 1. The minimum Gasteiger partial charge on any atom is -0.458 e. The van der Waals surface area contributed by atoms with Gasteiger partial charge in [-0.1, -0.05) is 27.7 Å². The summed E-state index contributed by atoms with van der Waals surface area (Å²) in [6.45, 7) is 13.5. The number of carbonyl (C=O) groups is 4. The average Bonchev–Trinajstić information content (AvgIpc) is 3.20. The number of hydrogen-bond acceptors (Lipinski definition) is 12. The molecular weight excluding hydrogens is 574 g/mol. The summed E-state index contributed by atoms with van der Waals surface area (Å²) in [6.07, 6.45) is -4.33. The molecule has 0 unspecified atom stereocenters. The van der Waals surface area contributed by atoms with Gasteiger partial charge in [-0.25, -0.2) is 15.6 Å². The normalized spacial score (nSPS) is 44.7. The quantitative estimate of drug-likeness (QED) is 0.197. The second kappa shape index (κ2) is 13.7. The van der Waals surface area contributed by atoms with Crippen molar-refractivity contribution in [1.29, 1.82) is 0 Å². The van der Waals surface area contributed by atoms with Crippen molar-refractivity contribution in [2.75, 3.05) is 21.2 Å². The van der Waals surface area contributed by atoms with Gasteiger partial charge in [0, 0.05) is 30.9 Å². The van der Waals surface area contributed by atoms with Crippen LogP contribution in [0, 0.1) is 23.7 Å². The molecule has 3 rings (SSSR count). The molecule has 44 heavy (non-hydrogen) atoms. The molecule has 0 bridgehead atoms. The highest BCUT2D eigenvalue weighted by Gasteiger charge is 2.60. The molecule has 0 spiro atoms. The van der Waals surface area contributed by atoms with Crippen LogP contribution < -0.4 is 5.84 Å². The van der Waals surface area contributed by atoms with Crippen LogP contribution in [0.4, 0.5) is 4.79 Å². The Labute approximate surface area is 261 Å². The molecule has 3 fully saturated rings. The maximum atomic E-state index is 14.0. The lowest BCUT2D eigenvalue weighted by Gasteiger charge is -2.47. The van der Waals surface area contributed by atoms with Crippen molar-refractivity contribution < 1.29 is 48.0 Å². The summed E-state index contributed by atoms with van der Waals surface area (Å²) in [7, 11) is 5.18. The molecule has 1 amide bonds. The Morgan fingerprint density at radius 1 is 1.05 bits per heavy atom. The first kappa shape index (κ1) is 36.3. The van der Waals surface area contributed by atoms with Crippen LogP contribution in [-0.4, -0.2) is 114 Å². The fourth-order valence-corrected chi connectivity index (χ4v) is 7.41. The summed E-state index contributed by atoms with van der Waals surface area (Å²) in [6, 6.07) is -1.22. The predicted molar refractivity (Wildman–Crippen MR) is 159 cm³/mol. The molecule has 13 atom stereocenters. The summed E-state index contributed by atoms with van der Waals surface area (Å²) < 4.78 is 30.1. The number of rotatable bonds is 5. The number of aliphatic hydroxyl groups is 1. The van der Waals surface area contributed by atoms with Gasteiger partial charge in [0.05, 0.1) is 17.8 Å². The third-order valence-corrected chi connectivity index (χ3v) is 10.1. The summed E-state index contributed by atoms with van der Waals surface area (Å²) >= 11 is 0. The third kappa shape index (κ3) is 6.68. The zero-order valence-corrected chi connectivity index (χ0v) is 28.1. The molecule has 0 saturated carbocycles. The van der Waals surface area contributed by atoms with E-state index in [4.69, 9.17) is 29.5 Å². The van der Waals surface area contributed by atoms with Gasteiger partial charge in [0.25, 0.3) is 0 Å². The fourth-order valence-electron chi connectivity index (χ4n) is 7.41. The van der Waals surface area contributed by atoms with E-state index in [0.29, 0.717) is 6.42 Å². The van der Waals surface area contributed by atoms with Gasteiger partial charge in [0.1, 0.15) is 30.0 Å². The molecule has 3 aliphatic rings. The first-order chi connectivity index (χ1) is 20.3. The monoisotopic (exact) mass is 627 g/mol. The van der Waals surface area contributed by atoms with Gasteiger partial charge in [-0.3, -0.25) is 14.4 Å². The number of likely N-dealkylation sites (N-methyl/N-ethyl adjacent to an activating group) is 1. The van der Waals surface area contributed by atoms with Crippen molar-refractivity contribution >= 4 is 23.6 Å². The molecule has 3 N–H and O–H groups in total. The van der Waals surface area contributed by atoms with Crippen molar-refractivity contribution in [2.24, 2.45) is 29.5 Å². The number of ketones is 2. The van der Waals surface area contributed by atoms with E-state index in [1.807, 2.05) is 25.9 Å². The third-order valence-electron chi connectivity index (χ3n) is 10.1. The Kier molecular flexibility index (Phi) is 11.3. The summed E-state index contributed by atoms with van der Waals surface area (Å²) in [4.78, 5) is 56.1. The van der Waals surface area contributed by atoms with Crippen LogP contribution in [0.1, 0.15) is 74.7 Å². The summed E-state index contributed by atoms with van der Waals surface area (Å²) in [5.41, 5.74) is -2.71. The number of Topliss-reactive ketones (excluding diaryl/α,β-unsaturated/α-hetero) is 2. The van der Waals surface area contributed by atoms with Crippen LogP contribution in [0.3, 0.4) is 0 Å². The molecule has 252 valence electrons. The Hall–Kier alpha value is -2.16. The molecule has 3 saturated heterocycles. The minimum absolute atomic E-state index is 0.114. The second-order valence-corrected chi connectivity index (χ2v) is 13.6. The van der Waals surface area contributed by atoms with E-state index in [0.717, 1.165) is 5.01 Å². The van der Waals surface area contributed by atoms with Crippen LogP contribution in [0.25, 0.3) is 0 Å². The van der Waals surface area contributed by atoms with Crippen LogP contribution >= 0.6 is 0 Å². The molecular formula is C31H53N3O10. The lowest BCUT2D eigenvalue weighted by Crippen LogP contribution is -2.60. The van der Waals surface area contributed by atoms with E-state index in [-0.39, 0.29) is 30.8 Å². The Morgan fingerprint density at radius 2 is 1.66 bits per heavy atom. The van der Waals surface area contributed by atoms with E-state index >= 15 is 0 Å². The van der Waals surface area contributed by atoms with E-state index in [2.05, 4.69) is 0 Å². The molecule has 3 heterocycles. The highest BCUT2D eigenvalue weighted by molar-refractivity contribution is 6.00. The van der Waals surface area contributed by atoms with Crippen molar-refractivity contribution in [3.05, 3.63) is 0 Å². The summed E-state index contributed by atoms with van der Waals surface area (Å²) in [5, 5.41) is 12.1. The average molecular weight is 628 g/mol. The number of ether oxygens (including phenoxy) is 5. The molecule has 0 aliphatic carbocycles. The minimum atomic E-state index is -1.45. The van der Waals surface area contributed by atoms with Gasteiger partial charge in [-0.2, -0.15) is 0 Å². The Morgan fingerprint density at radius 3 is 2.20 bits per heavy atom. The standard InChI is InChI=1S/C31H53N3O10/c1-12-21-31(8)25(34(32)29(39)44-31)17(4)22(35)15(2)14-30(7,40-11)26(18(5)23(36)19(6)27(38)42-21)43-28-24(37)20(33(9)10)13-16(3)41-28/h15-21,24-26,28,37H,12-14,32H2,1-11H3/t15-,16-,17+,18+,19-,20+,21-,24-,25-,26-,28+,30-,31-/m1/s1. The number of carbonyl (C=O) groups excluding carboxylic acids is 4. The number of amides is 1. The van der Waals surface area contributed by atoms with Gasteiger partial charge in [0.15, 0.2) is 17.7 Å². The molecule has 3 aliphatic heterocycles. The smallest absolute Gasteiger partial charge is 0.425 e. The lowest BCUT2D eigenvalue weighted by molar-refractivity contribution is -0.295. The highest BCUT2D eigenvalue weighted by atomic mass is 16.7. The molecule has 0 radical (unpaired) electrons. The zero-order valence-electron chi connectivity index (χ0n) is 28.1. The Balaban J connectivity index is 2.11. The van der Waals surface area contributed by atoms with Gasteiger partial charge in [-0.15, -0.1) is 0 Å². The van der Waals surface area contributed by atoms with Crippen LogP contribution in [-0.2, 0) is 38.1 Å². The maximum Gasteiger partial charge on any atom is 0.425 e. The van der Waals surface area contributed by atoms with Crippen molar-refractivity contribution in [1.82, 2.24) is 9.91 Å². The molecule has 13 heteroatoms. The summed E-state index contributed by atoms with van der Waals surface area (Å²) in [5.74, 6) is 1.03. The molecule has 0 aromatic rings. The number of nitrogens with two attached hydrogens (primary N) is 1. The maximum absolute atomic E-state index is 14.0. The van der Waals surface area contributed by atoms with E-state index in [1.165, 1.54) is 14.0 Å². The van der Waals surface area contributed by atoms with Gasteiger partial charge in [-0.05, 0) is 61.1 Å². The topological polar surface area (TPSA) is 167 Å².